The molecule has 2 aromatic carbocycles. The zero-order chi connectivity index (χ0) is 19.2. The molecule has 136 valence electrons. The Balaban J connectivity index is 1.59. The van der Waals surface area contributed by atoms with Crippen LogP contribution in [0, 0.1) is 6.92 Å². The average molecular weight is 360 g/mol. The van der Waals surface area contributed by atoms with Crippen molar-refractivity contribution in [1.29, 1.82) is 0 Å². The number of esters is 1. The highest BCUT2D eigenvalue weighted by atomic mass is 16.5. The Labute approximate surface area is 157 Å². The van der Waals surface area contributed by atoms with Crippen LogP contribution in [0.15, 0.2) is 66.7 Å². The van der Waals surface area contributed by atoms with Crippen molar-refractivity contribution in [1.82, 2.24) is 4.98 Å². The van der Waals surface area contributed by atoms with Crippen LogP contribution in [0.25, 0.3) is 17.0 Å². The number of nitrogens with one attached hydrogen (secondary N) is 1. The summed E-state index contributed by atoms with van der Waals surface area (Å²) < 4.78 is 5.17. The van der Waals surface area contributed by atoms with Gasteiger partial charge in [0.15, 0.2) is 6.10 Å². The average Bonchev–Trinajstić information content (AvgIpc) is 2.68. The van der Waals surface area contributed by atoms with E-state index in [1.807, 2.05) is 61.5 Å². The first-order valence-corrected chi connectivity index (χ1v) is 8.64. The fourth-order valence-electron chi connectivity index (χ4n) is 2.54. The van der Waals surface area contributed by atoms with E-state index in [1.54, 1.807) is 12.1 Å². The van der Waals surface area contributed by atoms with E-state index < -0.39 is 12.1 Å². The number of anilines is 1. The fraction of sp³-hybridized carbons (Fsp3) is 0.136. The predicted molar refractivity (Wildman–Crippen MR) is 106 cm³/mol. The number of para-hydroxylation sites is 2. The Hall–Kier alpha value is -3.47. The van der Waals surface area contributed by atoms with Gasteiger partial charge in [-0.05, 0) is 43.7 Å². The van der Waals surface area contributed by atoms with Gasteiger partial charge in [0.1, 0.15) is 0 Å². The van der Waals surface area contributed by atoms with Gasteiger partial charge in [-0.3, -0.25) is 4.79 Å². The molecule has 0 saturated carbocycles. The van der Waals surface area contributed by atoms with E-state index in [-0.39, 0.29) is 5.91 Å². The van der Waals surface area contributed by atoms with Gasteiger partial charge in [0, 0.05) is 17.1 Å². The molecule has 1 N–H and O–H groups in total. The highest BCUT2D eigenvalue weighted by Crippen LogP contribution is 2.14. The molecule has 3 aromatic rings. The molecule has 0 aliphatic rings. The molecule has 0 aliphatic heterocycles. The van der Waals surface area contributed by atoms with E-state index in [1.165, 1.54) is 13.0 Å². The molecule has 0 spiro atoms. The quantitative estimate of drug-likeness (QED) is 0.549. The lowest BCUT2D eigenvalue weighted by molar-refractivity contribution is -0.148. The van der Waals surface area contributed by atoms with Crippen LogP contribution in [-0.2, 0) is 14.3 Å². The molecule has 1 unspecified atom stereocenters. The first-order valence-electron chi connectivity index (χ1n) is 8.64. The third-order valence-electron chi connectivity index (χ3n) is 4.08. The number of rotatable bonds is 5. The molecule has 5 heteroatoms. The summed E-state index contributed by atoms with van der Waals surface area (Å²) in [7, 11) is 0. The first-order chi connectivity index (χ1) is 13.0. The van der Waals surface area contributed by atoms with Crippen LogP contribution in [0.3, 0.4) is 0 Å². The second kappa shape index (κ2) is 8.27. The van der Waals surface area contributed by atoms with Crippen molar-refractivity contribution in [2.75, 3.05) is 5.32 Å². The maximum Gasteiger partial charge on any atom is 0.331 e. The summed E-state index contributed by atoms with van der Waals surface area (Å²) in [6.07, 6.45) is 1.93. The molecule has 1 heterocycles. The van der Waals surface area contributed by atoms with Crippen LogP contribution in [-0.4, -0.2) is 23.0 Å². The van der Waals surface area contributed by atoms with Crippen molar-refractivity contribution in [3.63, 3.8) is 0 Å². The third kappa shape index (κ3) is 4.79. The zero-order valence-corrected chi connectivity index (χ0v) is 15.2. The summed E-state index contributed by atoms with van der Waals surface area (Å²) in [5, 5.41) is 3.78. The Bertz CT molecular complexity index is 1010. The minimum Gasteiger partial charge on any atom is -0.449 e. The summed E-state index contributed by atoms with van der Waals surface area (Å²) in [5.74, 6) is -0.979. The first kappa shape index (κ1) is 18.3. The Morgan fingerprint density at radius 1 is 1.04 bits per heavy atom. The molecule has 0 fully saturated rings. The summed E-state index contributed by atoms with van der Waals surface area (Å²) in [6.45, 7) is 3.43. The van der Waals surface area contributed by atoms with E-state index in [0.717, 1.165) is 16.5 Å². The number of aryl methyl sites for hydroxylation is 1. The largest absolute Gasteiger partial charge is 0.449 e. The Kier molecular flexibility index (Phi) is 5.61. The maximum absolute atomic E-state index is 12.2. The monoisotopic (exact) mass is 360 g/mol. The molecule has 5 nitrogen and oxygen atoms in total. The SMILES string of the molecule is Cc1ccccc1NC(=O)C(C)OC(=O)/C=C/c1ccc2ccccc2n1. The van der Waals surface area contributed by atoms with Crippen LogP contribution >= 0.6 is 0 Å². The molecule has 0 bridgehead atoms. The summed E-state index contributed by atoms with van der Waals surface area (Å²) >= 11 is 0. The van der Waals surface area contributed by atoms with E-state index in [2.05, 4.69) is 10.3 Å². The Morgan fingerprint density at radius 3 is 2.59 bits per heavy atom. The highest BCUT2D eigenvalue weighted by Gasteiger charge is 2.17. The number of carbonyl (C=O) groups is 2. The normalized spacial score (nSPS) is 12.1. The van der Waals surface area contributed by atoms with Crippen molar-refractivity contribution in [2.45, 2.75) is 20.0 Å². The number of fused-ring (bicyclic) bond motifs is 1. The van der Waals surface area contributed by atoms with Crippen molar-refractivity contribution < 1.29 is 14.3 Å². The van der Waals surface area contributed by atoms with Gasteiger partial charge in [-0.25, -0.2) is 9.78 Å². The third-order valence-corrected chi connectivity index (χ3v) is 4.08. The van der Waals surface area contributed by atoms with Gasteiger partial charge in [-0.1, -0.05) is 42.5 Å². The molecule has 3 rings (SSSR count). The fourth-order valence-corrected chi connectivity index (χ4v) is 2.54. The van der Waals surface area contributed by atoms with E-state index in [0.29, 0.717) is 11.4 Å². The van der Waals surface area contributed by atoms with Crippen molar-refractivity contribution >= 4 is 34.5 Å². The zero-order valence-electron chi connectivity index (χ0n) is 15.2. The lowest BCUT2D eigenvalue weighted by Gasteiger charge is -2.13. The van der Waals surface area contributed by atoms with Crippen molar-refractivity contribution in [3.8, 4) is 0 Å². The van der Waals surface area contributed by atoms with Crippen molar-refractivity contribution in [2.24, 2.45) is 0 Å². The van der Waals surface area contributed by atoms with Crippen LogP contribution in [0.5, 0.6) is 0 Å². The summed E-state index contributed by atoms with van der Waals surface area (Å²) in [5.41, 5.74) is 3.12. The highest BCUT2D eigenvalue weighted by molar-refractivity contribution is 5.97. The van der Waals surface area contributed by atoms with E-state index in [9.17, 15) is 9.59 Å². The van der Waals surface area contributed by atoms with Crippen molar-refractivity contribution in [3.05, 3.63) is 78.0 Å². The second-order valence-electron chi connectivity index (χ2n) is 6.15. The number of hydrogen-bond acceptors (Lipinski definition) is 4. The van der Waals surface area contributed by atoms with E-state index >= 15 is 0 Å². The second-order valence-corrected chi connectivity index (χ2v) is 6.15. The topological polar surface area (TPSA) is 68.3 Å². The number of carbonyl (C=O) groups excluding carboxylic acids is 2. The van der Waals surface area contributed by atoms with Gasteiger partial charge in [0.25, 0.3) is 5.91 Å². The lowest BCUT2D eigenvalue weighted by atomic mass is 10.2. The van der Waals surface area contributed by atoms with Gasteiger partial charge in [-0.15, -0.1) is 0 Å². The molecule has 1 atom stereocenters. The standard InChI is InChI=1S/C22H20N2O3/c1-15-7-3-5-9-19(15)24-22(26)16(2)27-21(25)14-13-18-12-11-17-8-4-6-10-20(17)23-18/h3-14,16H,1-2H3,(H,24,26)/b14-13+. The number of pyridine rings is 1. The molecular formula is C22H20N2O3. The van der Waals surface area contributed by atoms with Crippen LogP contribution in [0.2, 0.25) is 0 Å². The minimum atomic E-state index is -0.911. The summed E-state index contributed by atoms with van der Waals surface area (Å²) in [6, 6.07) is 18.9. The van der Waals surface area contributed by atoms with Gasteiger partial charge in [-0.2, -0.15) is 0 Å². The molecule has 1 amide bonds. The molecule has 0 radical (unpaired) electrons. The van der Waals surface area contributed by atoms with E-state index in [4.69, 9.17) is 4.74 Å². The molecule has 0 aliphatic carbocycles. The number of nitrogens with zero attached hydrogens (tertiary/aromatic N) is 1. The van der Waals surface area contributed by atoms with Gasteiger partial charge < -0.3 is 10.1 Å². The molecule has 1 aromatic heterocycles. The number of benzene rings is 2. The summed E-state index contributed by atoms with van der Waals surface area (Å²) in [4.78, 5) is 28.6. The maximum atomic E-state index is 12.2. The molecular weight excluding hydrogens is 340 g/mol. The molecule has 27 heavy (non-hydrogen) atoms. The Morgan fingerprint density at radius 2 is 1.78 bits per heavy atom. The number of ether oxygens (including phenoxy) is 1. The minimum absolute atomic E-state index is 0.380. The van der Waals surface area contributed by atoms with Gasteiger partial charge in [0.05, 0.1) is 11.2 Å². The number of hydrogen-bond donors (Lipinski definition) is 1. The number of aromatic nitrogens is 1. The number of amides is 1. The van der Waals surface area contributed by atoms with Gasteiger partial charge >= 0.3 is 5.97 Å². The van der Waals surface area contributed by atoms with Gasteiger partial charge in [0.2, 0.25) is 0 Å². The smallest absolute Gasteiger partial charge is 0.331 e. The predicted octanol–water partition coefficient (Wildman–Crippen LogP) is 4.13. The van der Waals surface area contributed by atoms with Crippen LogP contribution in [0.1, 0.15) is 18.2 Å². The molecule has 0 saturated heterocycles. The lowest BCUT2D eigenvalue weighted by Crippen LogP contribution is -2.29. The van der Waals surface area contributed by atoms with Crippen LogP contribution < -0.4 is 5.32 Å². The van der Waals surface area contributed by atoms with Crippen LogP contribution in [0.4, 0.5) is 5.69 Å².